The van der Waals surface area contributed by atoms with E-state index in [1.165, 1.54) is 16.4 Å². The summed E-state index contributed by atoms with van der Waals surface area (Å²) in [6, 6.07) is 3.80. The monoisotopic (exact) mass is 302 g/mol. The van der Waals surface area contributed by atoms with E-state index in [9.17, 15) is 12.8 Å². The molecule has 0 bridgehead atoms. The van der Waals surface area contributed by atoms with Crippen LogP contribution in [0.1, 0.15) is 32.8 Å². The molecule has 1 aromatic carbocycles. The fraction of sp³-hybridized carbons (Fsp3) is 0.571. The number of hydrogen-bond donors (Lipinski definition) is 1. The van der Waals surface area contributed by atoms with Crippen LogP contribution in [0.25, 0.3) is 0 Å². The Morgan fingerprint density at radius 3 is 2.40 bits per heavy atom. The van der Waals surface area contributed by atoms with E-state index >= 15 is 0 Å². The molecule has 0 aliphatic carbocycles. The molecule has 2 N–H and O–H groups in total. The third-order valence-corrected chi connectivity index (χ3v) is 6.08. The maximum absolute atomic E-state index is 13.4. The first-order chi connectivity index (χ1) is 9.22. The Bertz CT molecular complexity index is 569. The maximum Gasteiger partial charge on any atom is 0.243 e. The van der Waals surface area contributed by atoms with Crippen molar-refractivity contribution in [2.24, 2.45) is 5.73 Å². The lowest BCUT2D eigenvalue weighted by Crippen LogP contribution is -2.53. The Morgan fingerprint density at radius 2 is 1.95 bits per heavy atom. The van der Waals surface area contributed by atoms with Crippen molar-refractivity contribution in [2.45, 2.75) is 44.6 Å². The van der Waals surface area contributed by atoms with Crippen molar-refractivity contribution in [1.82, 2.24) is 4.31 Å². The summed E-state index contributed by atoms with van der Waals surface area (Å²) < 4.78 is 40.4. The van der Waals surface area contributed by atoms with Gasteiger partial charge in [0.15, 0.2) is 0 Å². The smallest absolute Gasteiger partial charge is 0.243 e. The van der Waals surface area contributed by atoms with E-state index in [1.54, 1.807) is 13.8 Å². The largest absolute Gasteiger partial charge is 0.329 e. The maximum atomic E-state index is 13.4. The molecule has 0 heterocycles. The first-order valence-corrected chi connectivity index (χ1v) is 8.16. The van der Waals surface area contributed by atoms with Crippen molar-refractivity contribution >= 4 is 10.0 Å². The zero-order chi connectivity index (χ0) is 15.6. The molecule has 0 radical (unpaired) electrons. The fourth-order valence-electron chi connectivity index (χ4n) is 2.23. The van der Waals surface area contributed by atoms with Crippen LogP contribution in [0.2, 0.25) is 0 Å². The molecule has 1 atom stereocenters. The molecule has 114 valence electrons. The van der Waals surface area contributed by atoms with Crippen molar-refractivity contribution in [2.75, 3.05) is 13.1 Å². The summed E-state index contributed by atoms with van der Waals surface area (Å²) in [5, 5.41) is 0. The van der Waals surface area contributed by atoms with E-state index in [0.717, 1.165) is 6.07 Å². The molecule has 4 nitrogen and oxygen atoms in total. The van der Waals surface area contributed by atoms with Gasteiger partial charge in [-0.05, 0) is 38.0 Å². The number of likely N-dealkylation sites (N-methyl/N-ethyl adjacent to an activating group) is 1. The summed E-state index contributed by atoms with van der Waals surface area (Å²) in [5.74, 6) is -0.559. The minimum absolute atomic E-state index is 0.00692. The second kappa shape index (κ2) is 6.20. The summed E-state index contributed by atoms with van der Waals surface area (Å²) in [6.45, 7) is 7.62. The molecule has 20 heavy (non-hydrogen) atoms. The highest BCUT2D eigenvalue weighted by Crippen LogP contribution is 2.28. The summed E-state index contributed by atoms with van der Waals surface area (Å²) >= 11 is 0. The summed E-state index contributed by atoms with van der Waals surface area (Å²) in [5.41, 5.74) is 5.61. The predicted octanol–water partition coefficient (Wildman–Crippen LogP) is 2.27. The summed E-state index contributed by atoms with van der Waals surface area (Å²) in [7, 11) is -3.77. The fourth-order valence-corrected chi connectivity index (χ4v) is 4.33. The molecule has 0 saturated carbocycles. The number of nitrogens with zero attached hydrogens (tertiary/aromatic N) is 1. The Morgan fingerprint density at radius 1 is 1.35 bits per heavy atom. The van der Waals surface area contributed by atoms with Gasteiger partial charge in [0.05, 0.1) is 4.90 Å². The molecule has 0 saturated heterocycles. The molecule has 1 aromatic rings. The van der Waals surface area contributed by atoms with Crippen LogP contribution in [0.15, 0.2) is 23.1 Å². The van der Waals surface area contributed by atoms with E-state index in [2.05, 4.69) is 0 Å². The van der Waals surface area contributed by atoms with Crippen LogP contribution in [0.4, 0.5) is 4.39 Å². The SMILES string of the molecule is CCN(C(C)(CC)CN)S(=O)(=O)c1cc(F)ccc1C. The van der Waals surface area contributed by atoms with Crippen LogP contribution < -0.4 is 5.73 Å². The zero-order valence-corrected chi connectivity index (χ0v) is 13.3. The number of halogens is 1. The highest BCUT2D eigenvalue weighted by Gasteiger charge is 2.38. The van der Waals surface area contributed by atoms with E-state index < -0.39 is 21.4 Å². The third kappa shape index (κ3) is 3.02. The molecular formula is C14H23FN2O2S. The first-order valence-electron chi connectivity index (χ1n) is 6.72. The van der Waals surface area contributed by atoms with Crippen LogP contribution in [0.3, 0.4) is 0 Å². The number of rotatable bonds is 6. The minimum atomic E-state index is -3.77. The average molecular weight is 302 g/mol. The lowest BCUT2D eigenvalue weighted by molar-refractivity contribution is 0.214. The molecule has 0 aromatic heterocycles. The van der Waals surface area contributed by atoms with Gasteiger partial charge in [0.25, 0.3) is 0 Å². The third-order valence-electron chi connectivity index (χ3n) is 3.81. The van der Waals surface area contributed by atoms with E-state index in [1.807, 2.05) is 13.8 Å². The molecule has 0 aliphatic rings. The molecular weight excluding hydrogens is 279 g/mol. The van der Waals surface area contributed by atoms with Crippen molar-refractivity contribution in [3.63, 3.8) is 0 Å². The van der Waals surface area contributed by atoms with Crippen LogP contribution in [0, 0.1) is 12.7 Å². The van der Waals surface area contributed by atoms with Gasteiger partial charge < -0.3 is 5.73 Å². The van der Waals surface area contributed by atoms with Gasteiger partial charge >= 0.3 is 0 Å². The van der Waals surface area contributed by atoms with Crippen molar-refractivity contribution < 1.29 is 12.8 Å². The molecule has 0 spiro atoms. The molecule has 0 aliphatic heterocycles. The van der Waals surface area contributed by atoms with Crippen LogP contribution >= 0.6 is 0 Å². The Hall–Kier alpha value is -0.980. The first kappa shape index (κ1) is 17.1. The molecule has 6 heteroatoms. The van der Waals surface area contributed by atoms with Gasteiger partial charge in [0, 0.05) is 18.6 Å². The highest BCUT2D eigenvalue weighted by atomic mass is 32.2. The van der Waals surface area contributed by atoms with E-state index in [-0.39, 0.29) is 11.4 Å². The molecule has 1 rings (SSSR count). The van der Waals surface area contributed by atoms with Gasteiger partial charge in [0.2, 0.25) is 10.0 Å². The van der Waals surface area contributed by atoms with Crippen LogP contribution in [-0.4, -0.2) is 31.4 Å². The van der Waals surface area contributed by atoms with Gasteiger partial charge in [-0.25, -0.2) is 12.8 Å². The summed E-state index contributed by atoms with van der Waals surface area (Å²) in [4.78, 5) is 0.00692. The van der Waals surface area contributed by atoms with Gasteiger partial charge in [-0.15, -0.1) is 0 Å². The zero-order valence-electron chi connectivity index (χ0n) is 12.5. The molecule has 0 amide bonds. The topological polar surface area (TPSA) is 63.4 Å². The second-order valence-corrected chi connectivity index (χ2v) is 6.96. The van der Waals surface area contributed by atoms with Gasteiger partial charge in [0.1, 0.15) is 5.82 Å². The highest BCUT2D eigenvalue weighted by molar-refractivity contribution is 7.89. The van der Waals surface area contributed by atoms with Crippen molar-refractivity contribution in [3.8, 4) is 0 Å². The summed E-state index contributed by atoms with van der Waals surface area (Å²) in [6.07, 6.45) is 0.588. The van der Waals surface area contributed by atoms with Gasteiger partial charge in [-0.2, -0.15) is 4.31 Å². The molecule has 1 unspecified atom stereocenters. The normalized spacial score (nSPS) is 15.3. The Labute approximate surface area is 120 Å². The van der Waals surface area contributed by atoms with Crippen LogP contribution in [0.5, 0.6) is 0 Å². The number of benzene rings is 1. The quantitative estimate of drug-likeness (QED) is 0.877. The Kier molecular flexibility index (Phi) is 5.29. The lowest BCUT2D eigenvalue weighted by atomic mass is 9.99. The van der Waals surface area contributed by atoms with Crippen molar-refractivity contribution in [1.29, 1.82) is 0 Å². The number of hydrogen-bond acceptors (Lipinski definition) is 3. The number of aryl methyl sites for hydroxylation is 1. The van der Waals surface area contributed by atoms with Gasteiger partial charge in [-0.1, -0.05) is 19.9 Å². The van der Waals surface area contributed by atoms with E-state index in [0.29, 0.717) is 18.5 Å². The average Bonchev–Trinajstić information content (AvgIpc) is 2.41. The molecule has 0 fully saturated rings. The number of sulfonamides is 1. The predicted molar refractivity (Wildman–Crippen MR) is 78.5 cm³/mol. The van der Waals surface area contributed by atoms with Gasteiger partial charge in [-0.3, -0.25) is 0 Å². The second-order valence-electron chi connectivity index (χ2n) is 5.13. The van der Waals surface area contributed by atoms with E-state index in [4.69, 9.17) is 5.73 Å². The Balaban J connectivity index is 3.43. The van der Waals surface area contributed by atoms with Crippen LogP contribution in [-0.2, 0) is 10.0 Å². The standard InChI is InChI=1S/C14H23FN2O2S/c1-5-14(4,10-16)17(6-2)20(18,19)13-9-12(15)8-7-11(13)3/h7-9H,5-6,10,16H2,1-4H3. The lowest BCUT2D eigenvalue weighted by Gasteiger charge is -2.38. The number of nitrogens with two attached hydrogens (primary N) is 1. The minimum Gasteiger partial charge on any atom is -0.329 e. The van der Waals surface area contributed by atoms with Crippen molar-refractivity contribution in [3.05, 3.63) is 29.6 Å².